The first-order valence-corrected chi connectivity index (χ1v) is 3.02. The molecule has 8 heavy (non-hydrogen) atoms. The summed E-state index contributed by atoms with van der Waals surface area (Å²) in [5.41, 5.74) is 0. The lowest BCUT2D eigenvalue weighted by Crippen LogP contribution is -2.27. The van der Waals surface area contributed by atoms with Crippen LogP contribution >= 0.6 is 0 Å². The van der Waals surface area contributed by atoms with E-state index in [1.807, 2.05) is 11.8 Å². The zero-order chi connectivity index (χ0) is 6.57. The summed E-state index contributed by atoms with van der Waals surface area (Å²) in [5, 5.41) is 7.18. The molecule has 0 radical (unpaired) electrons. The van der Waals surface area contributed by atoms with Crippen LogP contribution in [0.5, 0.6) is 0 Å². The molecule has 0 aliphatic heterocycles. The van der Waals surface area contributed by atoms with Gasteiger partial charge in [0.1, 0.15) is 0 Å². The van der Waals surface area contributed by atoms with E-state index < -0.39 is 0 Å². The molecule has 0 rings (SSSR count). The maximum absolute atomic E-state index is 7.18. The molecule has 0 spiro atoms. The number of nitrogens with one attached hydrogen (secondary N) is 1. The summed E-state index contributed by atoms with van der Waals surface area (Å²) < 4.78 is 0. The third kappa shape index (κ3) is 1.96. The first-order valence-electron chi connectivity index (χ1n) is 3.02. The number of nitrogens with zero attached hydrogens (tertiary/aromatic N) is 1. The van der Waals surface area contributed by atoms with E-state index in [2.05, 4.69) is 13.8 Å². The molecular formula is C6H14N2. The Labute approximate surface area is 51.0 Å². The Morgan fingerprint density at radius 2 is 1.75 bits per heavy atom. The SMILES string of the molecule is CCN(CC)C(C)=N. The number of hydrogen-bond donors (Lipinski definition) is 1. The van der Waals surface area contributed by atoms with Crippen molar-refractivity contribution >= 4 is 5.84 Å². The molecule has 0 aliphatic rings. The highest BCUT2D eigenvalue weighted by Gasteiger charge is 1.95. The van der Waals surface area contributed by atoms with Gasteiger partial charge in [0, 0.05) is 13.1 Å². The van der Waals surface area contributed by atoms with E-state index in [0.717, 1.165) is 13.1 Å². The first kappa shape index (κ1) is 7.47. The van der Waals surface area contributed by atoms with Gasteiger partial charge in [0.25, 0.3) is 0 Å². The van der Waals surface area contributed by atoms with Gasteiger partial charge in [-0.15, -0.1) is 0 Å². The maximum Gasteiger partial charge on any atom is 0.0925 e. The number of amidine groups is 1. The van der Waals surface area contributed by atoms with Crippen LogP contribution in [0.25, 0.3) is 0 Å². The third-order valence-corrected chi connectivity index (χ3v) is 1.24. The Hall–Kier alpha value is -0.530. The van der Waals surface area contributed by atoms with Gasteiger partial charge in [0.15, 0.2) is 0 Å². The lowest BCUT2D eigenvalue weighted by molar-refractivity contribution is 0.460. The van der Waals surface area contributed by atoms with Gasteiger partial charge in [-0.2, -0.15) is 0 Å². The fraction of sp³-hybridized carbons (Fsp3) is 0.833. The predicted molar refractivity (Wildman–Crippen MR) is 36.3 cm³/mol. The molecule has 1 N–H and O–H groups in total. The average molecular weight is 114 g/mol. The van der Waals surface area contributed by atoms with Crippen molar-refractivity contribution in [2.75, 3.05) is 13.1 Å². The van der Waals surface area contributed by atoms with E-state index in [-0.39, 0.29) is 0 Å². The second-order valence-electron chi connectivity index (χ2n) is 1.76. The Bertz CT molecular complexity index is 74.6. The molecule has 48 valence electrons. The van der Waals surface area contributed by atoms with Crippen LogP contribution in [0.3, 0.4) is 0 Å². The molecule has 0 aromatic carbocycles. The van der Waals surface area contributed by atoms with Gasteiger partial charge in [-0.1, -0.05) is 0 Å². The van der Waals surface area contributed by atoms with Crippen LogP contribution in [-0.4, -0.2) is 23.8 Å². The van der Waals surface area contributed by atoms with Gasteiger partial charge in [-0.05, 0) is 20.8 Å². The average Bonchev–Trinajstić information content (AvgIpc) is 1.69. The molecule has 0 fully saturated rings. The summed E-state index contributed by atoms with van der Waals surface area (Å²) in [5.74, 6) is 0.662. The normalized spacial score (nSPS) is 8.88. The van der Waals surface area contributed by atoms with Crippen molar-refractivity contribution in [2.24, 2.45) is 0 Å². The molecule has 2 heteroatoms. The summed E-state index contributed by atoms with van der Waals surface area (Å²) in [6.45, 7) is 7.83. The fourth-order valence-electron chi connectivity index (χ4n) is 0.698. The summed E-state index contributed by atoms with van der Waals surface area (Å²) >= 11 is 0. The molecular weight excluding hydrogens is 100 g/mol. The van der Waals surface area contributed by atoms with Crippen LogP contribution in [0.2, 0.25) is 0 Å². The third-order valence-electron chi connectivity index (χ3n) is 1.24. The molecule has 0 atom stereocenters. The van der Waals surface area contributed by atoms with Crippen LogP contribution < -0.4 is 0 Å². The molecule has 0 saturated carbocycles. The fourth-order valence-corrected chi connectivity index (χ4v) is 0.698. The molecule has 0 heterocycles. The van der Waals surface area contributed by atoms with Crippen LogP contribution in [-0.2, 0) is 0 Å². The molecule has 0 saturated heterocycles. The molecule has 0 aliphatic carbocycles. The molecule has 0 amide bonds. The van der Waals surface area contributed by atoms with Crippen molar-refractivity contribution in [3.05, 3.63) is 0 Å². The quantitative estimate of drug-likeness (QED) is 0.425. The van der Waals surface area contributed by atoms with Gasteiger partial charge >= 0.3 is 0 Å². The van der Waals surface area contributed by atoms with Crippen molar-refractivity contribution in [1.29, 1.82) is 5.41 Å². The van der Waals surface area contributed by atoms with Crippen molar-refractivity contribution < 1.29 is 0 Å². The number of hydrogen-bond acceptors (Lipinski definition) is 1. The Morgan fingerprint density at radius 1 is 1.38 bits per heavy atom. The zero-order valence-corrected chi connectivity index (χ0v) is 5.86. The number of rotatable bonds is 2. The molecule has 0 unspecified atom stereocenters. The van der Waals surface area contributed by atoms with Crippen LogP contribution in [0.15, 0.2) is 0 Å². The van der Waals surface area contributed by atoms with Gasteiger partial charge < -0.3 is 4.90 Å². The van der Waals surface area contributed by atoms with E-state index in [9.17, 15) is 0 Å². The van der Waals surface area contributed by atoms with Gasteiger partial charge in [0.2, 0.25) is 0 Å². The highest BCUT2D eigenvalue weighted by atomic mass is 15.1. The minimum Gasteiger partial charge on any atom is -0.361 e. The zero-order valence-electron chi connectivity index (χ0n) is 5.86. The minimum absolute atomic E-state index is 0.662. The Morgan fingerprint density at radius 3 is 1.75 bits per heavy atom. The van der Waals surface area contributed by atoms with Gasteiger partial charge in [-0.25, -0.2) is 0 Å². The topological polar surface area (TPSA) is 27.1 Å². The van der Waals surface area contributed by atoms with E-state index in [4.69, 9.17) is 5.41 Å². The molecule has 2 nitrogen and oxygen atoms in total. The molecule has 0 aromatic heterocycles. The summed E-state index contributed by atoms with van der Waals surface area (Å²) in [6.07, 6.45) is 0. The second kappa shape index (κ2) is 3.47. The Balaban J connectivity index is 3.52. The molecule has 0 aromatic rings. The van der Waals surface area contributed by atoms with E-state index in [1.54, 1.807) is 0 Å². The summed E-state index contributed by atoms with van der Waals surface area (Å²) in [4.78, 5) is 2.00. The van der Waals surface area contributed by atoms with Crippen LogP contribution in [0.4, 0.5) is 0 Å². The van der Waals surface area contributed by atoms with Crippen LogP contribution in [0.1, 0.15) is 20.8 Å². The lowest BCUT2D eigenvalue weighted by atomic mass is 10.5. The van der Waals surface area contributed by atoms with E-state index in [0.29, 0.717) is 5.84 Å². The second-order valence-corrected chi connectivity index (χ2v) is 1.76. The van der Waals surface area contributed by atoms with Gasteiger partial charge in [-0.3, -0.25) is 5.41 Å². The summed E-state index contributed by atoms with van der Waals surface area (Å²) in [7, 11) is 0. The first-order chi connectivity index (χ1) is 3.72. The van der Waals surface area contributed by atoms with E-state index >= 15 is 0 Å². The monoisotopic (exact) mass is 114 g/mol. The Kier molecular flexibility index (Phi) is 3.24. The van der Waals surface area contributed by atoms with Crippen molar-refractivity contribution in [3.63, 3.8) is 0 Å². The van der Waals surface area contributed by atoms with Crippen LogP contribution in [0, 0.1) is 5.41 Å². The predicted octanol–water partition coefficient (Wildman–Crippen LogP) is 1.33. The maximum atomic E-state index is 7.18. The van der Waals surface area contributed by atoms with Gasteiger partial charge in [0.05, 0.1) is 5.84 Å². The summed E-state index contributed by atoms with van der Waals surface area (Å²) in [6, 6.07) is 0. The lowest BCUT2D eigenvalue weighted by Gasteiger charge is -2.17. The molecule has 0 bridgehead atoms. The van der Waals surface area contributed by atoms with Crippen molar-refractivity contribution in [1.82, 2.24) is 4.90 Å². The smallest absolute Gasteiger partial charge is 0.0925 e. The van der Waals surface area contributed by atoms with E-state index in [1.165, 1.54) is 0 Å². The minimum atomic E-state index is 0.662. The van der Waals surface area contributed by atoms with Crippen molar-refractivity contribution in [2.45, 2.75) is 20.8 Å². The standard InChI is InChI=1S/C6H14N2/c1-4-8(5-2)6(3)7/h7H,4-5H2,1-3H3. The largest absolute Gasteiger partial charge is 0.361 e. The highest BCUT2D eigenvalue weighted by molar-refractivity contribution is 5.76. The highest BCUT2D eigenvalue weighted by Crippen LogP contribution is 1.85. The van der Waals surface area contributed by atoms with Crippen molar-refractivity contribution in [3.8, 4) is 0 Å².